The number of rotatable bonds is 8. The Kier molecular flexibility index (Phi) is 6.64. The van der Waals surface area contributed by atoms with Gasteiger partial charge in [-0.25, -0.2) is 4.68 Å². The van der Waals surface area contributed by atoms with E-state index >= 15 is 0 Å². The number of aromatic nitrogens is 3. The van der Waals surface area contributed by atoms with Crippen LogP contribution in [-0.2, 0) is 32.2 Å². The number of aliphatic hydroxyl groups is 1. The lowest BCUT2D eigenvalue weighted by Gasteiger charge is -2.37. The topological polar surface area (TPSA) is 139 Å². The van der Waals surface area contributed by atoms with Gasteiger partial charge in [0.05, 0.1) is 36.1 Å². The predicted molar refractivity (Wildman–Crippen MR) is 143 cm³/mol. The molecule has 39 heavy (non-hydrogen) atoms. The Morgan fingerprint density at radius 2 is 1.92 bits per heavy atom. The van der Waals surface area contributed by atoms with Crippen molar-refractivity contribution < 1.29 is 24.2 Å². The number of fused-ring (bicyclic) bond motifs is 2. The van der Waals surface area contributed by atoms with Crippen molar-refractivity contribution in [3.05, 3.63) is 60.2 Å². The molecule has 7 atom stereocenters. The highest BCUT2D eigenvalue weighted by Crippen LogP contribution is 2.60. The van der Waals surface area contributed by atoms with Crippen molar-refractivity contribution in [2.75, 3.05) is 13.7 Å². The van der Waals surface area contributed by atoms with Crippen LogP contribution in [0, 0.1) is 11.8 Å². The normalized spacial score (nSPS) is 30.0. The summed E-state index contributed by atoms with van der Waals surface area (Å²) in [5.74, 6) is -2.69. The summed E-state index contributed by atoms with van der Waals surface area (Å²) in [5.41, 5.74) is 1.15. The fraction of sp³-hybridized carbons (Fsp3) is 0.444. The molecule has 3 aromatic rings. The minimum absolute atomic E-state index is 0.0289. The standard InChI is InChI=1S/C27H29BrN6O5/c1-29-24(36)20-21-26(38)34(16(13-35)11-15-7-3-2-4-8-15)23(27(21)12-17(28)22(20)39-27)25(37)30-14-33-19-10-6-5-9-18(19)31-32-33/h2-10,16-17,20-23,35H,11-14H2,1H3,(H,29,36)(H,30,37)/t16-,17?,20+,21+,22+,23?,27?/m1/s1. The zero-order valence-corrected chi connectivity index (χ0v) is 22.8. The number of likely N-dealkylation sites (tertiary alicyclic amines) is 1. The van der Waals surface area contributed by atoms with Gasteiger partial charge in [0.1, 0.15) is 23.8 Å². The second kappa shape index (κ2) is 10.00. The molecular formula is C27H29BrN6O5. The molecule has 2 bridgehead atoms. The zero-order valence-electron chi connectivity index (χ0n) is 21.2. The lowest BCUT2D eigenvalue weighted by atomic mass is 9.70. The molecule has 0 aliphatic carbocycles. The first-order valence-corrected chi connectivity index (χ1v) is 13.9. The molecule has 3 amide bonds. The van der Waals surface area contributed by atoms with E-state index in [0.29, 0.717) is 18.4 Å². The number of aliphatic hydroxyl groups excluding tert-OH is 1. The molecule has 6 rings (SSSR count). The van der Waals surface area contributed by atoms with Gasteiger partial charge in [0.25, 0.3) is 0 Å². The van der Waals surface area contributed by atoms with Gasteiger partial charge in [-0.15, -0.1) is 5.10 Å². The number of hydrogen-bond donors (Lipinski definition) is 3. The molecule has 204 valence electrons. The number of nitrogens with zero attached hydrogens (tertiary/aromatic N) is 4. The molecule has 4 heterocycles. The molecule has 3 aliphatic rings. The number of halogens is 1. The number of nitrogens with one attached hydrogen (secondary N) is 2. The maximum absolute atomic E-state index is 14.2. The summed E-state index contributed by atoms with van der Waals surface area (Å²) in [4.78, 5) is 42.4. The number of ether oxygens (including phenoxy) is 1. The van der Waals surface area contributed by atoms with Crippen molar-refractivity contribution in [2.24, 2.45) is 11.8 Å². The van der Waals surface area contributed by atoms with Crippen molar-refractivity contribution >= 4 is 44.7 Å². The van der Waals surface area contributed by atoms with Crippen molar-refractivity contribution in [3.63, 3.8) is 0 Å². The monoisotopic (exact) mass is 596 g/mol. The van der Waals surface area contributed by atoms with E-state index in [2.05, 4.69) is 36.9 Å². The first kappa shape index (κ1) is 25.9. The fourth-order valence-electron chi connectivity index (χ4n) is 6.65. The molecule has 3 saturated heterocycles. The second-order valence-electron chi connectivity index (χ2n) is 10.3. The molecule has 12 heteroatoms. The molecule has 0 radical (unpaired) electrons. The van der Waals surface area contributed by atoms with Gasteiger partial charge in [-0.1, -0.05) is 63.6 Å². The Labute approximate surface area is 233 Å². The van der Waals surface area contributed by atoms with Crippen LogP contribution in [-0.4, -0.2) is 85.0 Å². The third-order valence-corrected chi connectivity index (χ3v) is 9.11. The number of carbonyl (C=O) groups excluding carboxylic acids is 3. The maximum Gasteiger partial charge on any atom is 0.247 e. The predicted octanol–water partition coefficient (Wildman–Crippen LogP) is 0.603. The van der Waals surface area contributed by atoms with Gasteiger partial charge < -0.3 is 25.4 Å². The molecule has 3 aliphatic heterocycles. The first-order valence-electron chi connectivity index (χ1n) is 13.0. The van der Waals surface area contributed by atoms with Crippen LogP contribution >= 0.6 is 15.9 Å². The number of alkyl halides is 1. The summed E-state index contributed by atoms with van der Waals surface area (Å²) in [6.07, 6.45) is 0.179. The molecule has 1 aromatic heterocycles. The SMILES string of the molecule is CNC(=O)[C@H]1[C@H]2C(=O)N([C@@H](CO)Cc3ccccc3)C(C(=O)NCn3nnc4ccccc43)C23CC(Br)[C@@H]1O3. The molecule has 1 spiro atoms. The minimum Gasteiger partial charge on any atom is -0.394 e. The Morgan fingerprint density at radius 1 is 1.18 bits per heavy atom. The summed E-state index contributed by atoms with van der Waals surface area (Å²) in [5, 5.41) is 24.4. The molecule has 3 fully saturated rings. The van der Waals surface area contributed by atoms with Crippen LogP contribution in [0.5, 0.6) is 0 Å². The first-order chi connectivity index (χ1) is 18.9. The van der Waals surface area contributed by atoms with Crippen molar-refractivity contribution in [2.45, 2.75) is 48.1 Å². The smallest absolute Gasteiger partial charge is 0.247 e. The summed E-state index contributed by atoms with van der Waals surface area (Å²) >= 11 is 3.65. The van der Waals surface area contributed by atoms with Gasteiger partial charge in [0, 0.05) is 11.9 Å². The zero-order chi connectivity index (χ0) is 27.3. The average molecular weight is 597 g/mol. The van der Waals surface area contributed by atoms with E-state index in [1.54, 1.807) is 4.68 Å². The van der Waals surface area contributed by atoms with Gasteiger partial charge in [-0.3, -0.25) is 14.4 Å². The van der Waals surface area contributed by atoms with E-state index < -0.39 is 41.5 Å². The Bertz CT molecular complexity index is 1420. The maximum atomic E-state index is 14.2. The highest BCUT2D eigenvalue weighted by molar-refractivity contribution is 9.09. The third-order valence-electron chi connectivity index (χ3n) is 8.27. The summed E-state index contributed by atoms with van der Waals surface area (Å²) < 4.78 is 8.04. The third kappa shape index (κ3) is 4.04. The van der Waals surface area contributed by atoms with Crippen LogP contribution in [0.4, 0.5) is 0 Å². The van der Waals surface area contributed by atoms with Crippen molar-refractivity contribution in [1.29, 1.82) is 0 Å². The lowest BCUT2D eigenvalue weighted by molar-refractivity contribution is -0.145. The van der Waals surface area contributed by atoms with E-state index in [-0.39, 0.29) is 29.9 Å². The Balaban J connectivity index is 1.36. The quantitative estimate of drug-likeness (QED) is 0.324. The Morgan fingerprint density at radius 3 is 2.67 bits per heavy atom. The highest BCUT2D eigenvalue weighted by atomic mass is 79.9. The second-order valence-corrected chi connectivity index (χ2v) is 11.5. The van der Waals surface area contributed by atoms with Gasteiger partial charge in [0.15, 0.2) is 0 Å². The fourth-order valence-corrected chi connectivity index (χ4v) is 7.59. The number of carbonyl (C=O) groups is 3. The number of hydrogen-bond acceptors (Lipinski definition) is 7. The highest BCUT2D eigenvalue weighted by Gasteiger charge is 2.76. The van der Waals surface area contributed by atoms with E-state index in [9.17, 15) is 19.5 Å². The summed E-state index contributed by atoms with van der Waals surface area (Å²) in [6.45, 7) is -0.326. The molecule has 0 saturated carbocycles. The average Bonchev–Trinajstić information content (AvgIpc) is 3.67. The number of amides is 3. The van der Waals surface area contributed by atoms with Crippen LogP contribution in [0.15, 0.2) is 54.6 Å². The van der Waals surface area contributed by atoms with E-state index in [1.165, 1.54) is 11.9 Å². The van der Waals surface area contributed by atoms with E-state index in [1.807, 2.05) is 54.6 Å². The van der Waals surface area contributed by atoms with Gasteiger partial charge >= 0.3 is 0 Å². The number of para-hydroxylation sites is 1. The summed E-state index contributed by atoms with van der Waals surface area (Å²) in [7, 11) is 1.53. The molecular weight excluding hydrogens is 568 g/mol. The lowest BCUT2D eigenvalue weighted by Crippen LogP contribution is -2.58. The number of benzene rings is 2. The van der Waals surface area contributed by atoms with Gasteiger partial charge in [-0.2, -0.15) is 0 Å². The van der Waals surface area contributed by atoms with Crippen molar-refractivity contribution in [3.8, 4) is 0 Å². The van der Waals surface area contributed by atoms with Crippen LogP contribution in [0.2, 0.25) is 0 Å². The molecule has 3 unspecified atom stereocenters. The van der Waals surface area contributed by atoms with Crippen LogP contribution in [0.1, 0.15) is 12.0 Å². The molecule has 11 nitrogen and oxygen atoms in total. The Hall–Kier alpha value is -3.35. The van der Waals surface area contributed by atoms with Gasteiger partial charge in [-0.05, 0) is 30.5 Å². The minimum atomic E-state index is -1.22. The van der Waals surface area contributed by atoms with E-state index in [4.69, 9.17) is 4.74 Å². The van der Waals surface area contributed by atoms with Crippen LogP contribution in [0.25, 0.3) is 11.0 Å². The van der Waals surface area contributed by atoms with Crippen LogP contribution in [0.3, 0.4) is 0 Å². The molecule has 2 aromatic carbocycles. The largest absolute Gasteiger partial charge is 0.394 e. The van der Waals surface area contributed by atoms with Crippen LogP contribution < -0.4 is 10.6 Å². The summed E-state index contributed by atoms with van der Waals surface area (Å²) in [6, 6.07) is 15.2. The van der Waals surface area contributed by atoms with Gasteiger partial charge in [0.2, 0.25) is 17.7 Å². The van der Waals surface area contributed by atoms with Crippen molar-refractivity contribution in [1.82, 2.24) is 30.5 Å². The van der Waals surface area contributed by atoms with E-state index in [0.717, 1.165) is 11.1 Å². The molecule has 3 N–H and O–H groups in total.